The van der Waals surface area contributed by atoms with Crippen molar-refractivity contribution in [2.24, 2.45) is 23.1 Å². The first-order valence-electron chi connectivity index (χ1n) is 17.9. The molecule has 0 saturated carbocycles. The van der Waals surface area contributed by atoms with Gasteiger partial charge in [-0.15, -0.1) is 0 Å². The zero-order chi connectivity index (χ0) is 34.4. The lowest BCUT2D eigenvalue weighted by Gasteiger charge is -2.30. The standard InChI is InChI=1S/C32H74N12O2/c1-6-36-12-20-44(26-24-42(18-10-35)23-16-39-32(46)31(28-29(3)4)40-30(5)45)27-25-43(21-14-37-11-8-33)22-15-38-13-19-41(7-2)17-9-34/h29,31,36-38H,6-28,33-35H2,1-5H3,(H,39,46)(H,40,45)/t31-/m0/s1. The number of nitrogens with zero attached hydrogens (tertiary/aromatic N) is 4. The Morgan fingerprint density at radius 2 is 1.04 bits per heavy atom. The molecule has 0 aromatic carbocycles. The molecule has 0 aliphatic rings. The SMILES string of the molecule is CCNCCN(CCN(CCNCCN)CCNCCN(CC)CCN)CCN(CCN)CCNC(=O)[C@H](CC(C)C)NC(C)=O. The summed E-state index contributed by atoms with van der Waals surface area (Å²) in [6, 6.07) is -0.507. The van der Waals surface area contributed by atoms with Gasteiger partial charge in [0.15, 0.2) is 0 Å². The van der Waals surface area contributed by atoms with Crippen molar-refractivity contribution < 1.29 is 9.59 Å². The zero-order valence-corrected chi connectivity index (χ0v) is 30.3. The van der Waals surface area contributed by atoms with Crippen LogP contribution in [-0.4, -0.2) is 181 Å². The predicted molar refractivity (Wildman–Crippen MR) is 193 cm³/mol. The molecule has 0 radical (unpaired) electrons. The third-order valence-corrected chi connectivity index (χ3v) is 7.92. The normalized spacial score (nSPS) is 12.6. The predicted octanol–water partition coefficient (Wildman–Crippen LogP) is -2.45. The van der Waals surface area contributed by atoms with Crippen molar-refractivity contribution in [3.63, 3.8) is 0 Å². The Bertz CT molecular complexity index is 719. The van der Waals surface area contributed by atoms with Gasteiger partial charge in [0.05, 0.1) is 0 Å². The molecule has 1 atom stereocenters. The van der Waals surface area contributed by atoms with Crippen molar-refractivity contribution in [1.82, 2.24) is 46.2 Å². The van der Waals surface area contributed by atoms with E-state index in [9.17, 15) is 9.59 Å². The smallest absolute Gasteiger partial charge is 0.242 e. The Morgan fingerprint density at radius 1 is 0.587 bits per heavy atom. The van der Waals surface area contributed by atoms with Crippen molar-refractivity contribution >= 4 is 11.8 Å². The summed E-state index contributed by atoms with van der Waals surface area (Å²) in [6.45, 7) is 29.0. The lowest BCUT2D eigenvalue weighted by atomic mass is 10.0. The molecule has 0 aliphatic heterocycles. The molecular formula is C32H74N12O2. The number of carbonyl (C=O) groups excluding carboxylic acids is 2. The number of rotatable bonds is 33. The van der Waals surface area contributed by atoms with Crippen molar-refractivity contribution in [1.29, 1.82) is 0 Å². The van der Waals surface area contributed by atoms with E-state index in [1.54, 1.807) is 0 Å². The average Bonchev–Trinajstić information content (AvgIpc) is 3.01. The molecule has 0 aromatic heterocycles. The maximum atomic E-state index is 12.8. The fraction of sp³-hybridized carbons (Fsp3) is 0.938. The van der Waals surface area contributed by atoms with E-state index < -0.39 is 6.04 Å². The molecule has 0 unspecified atom stereocenters. The number of likely N-dealkylation sites (N-methyl/N-ethyl adjacent to an activating group) is 2. The summed E-state index contributed by atoms with van der Waals surface area (Å²) in [4.78, 5) is 34.2. The molecule has 0 fully saturated rings. The molecule has 11 N–H and O–H groups in total. The van der Waals surface area contributed by atoms with Gasteiger partial charge in [0.2, 0.25) is 11.8 Å². The van der Waals surface area contributed by atoms with E-state index in [1.165, 1.54) is 6.92 Å². The van der Waals surface area contributed by atoms with Crippen molar-refractivity contribution in [2.45, 2.75) is 47.1 Å². The summed E-state index contributed by atoms with van der Waals surface area (Å²) in [5.41, 5.74) is 17.4. The van der Waals surface area contributed by atoms with E-state index in [4.69, 9.17) is 17.2 Å². The molecule has 14 nitrogen and oxygen atoms in total. The van der Waals surface area contributed by atoms with Gasteiger partial charge in [0.25, 0.3) is 0 Å². The Hall–Kier alpha value is -1.46. The van der Waals surface area contributed by atoms with Crippen LogP contribution in [0.3, 0.4) is 0 Å². The topological polar surface area (TPSA) is 185 Å². The van der Waals surface area contributed by atoms with E-state index in [0.29, 0.717) is 45.1 Å². The van der Waals surface area contributed by atoms with Gasteiger partial charge in [-0.25, -0.2) is 0 Å². The van der Waals surface area contributed by atoms with Crippen LogP contribution in [0.4, 0.5) is 0 Å². The van der Waals surface area contributed by atoms with Crippen LogP contribution in [0.5, 0.6) is 0 Å². The first-order valence-corrected chi connectivity index (χ1v) is 17.9. The molecule has 14 heteroatoms. The molecule has 0 aromatic rings. The van der Waals surface area contributed by atoms with Gasteiger partial charge in [-0.1, -0.05) is 27.7 Å². The third kappa shape index (κ3) is 25.6. The third-order valence-electron chi connectivity index (χ3n) is 7.92. The molecular weight excluding hydrogens is 584 g/mol. The first-order chi connectivity index (χ1) is 22.2. The van der Waals surface area contributed by atoms with Gasteiger partial charge in [-0.3, -0.25) is 24.3 Å². The van der Waals surface area contributed by atoms with Crippen LogP contribution < -0.4 is 43.8 Å². The van der Waals surface area contributed by atoms with Crippen molar-refractivity contribution in [3.05, 3.63) is 0 Å². The van der Waals surface area contributed by atoms with Gasteiger partial charge in [0, 0.05) is 138 Å². The van der Waals surface area contributed by atoms with Gasteiger partial charge in [0.1, 0.15) is 6.04 Å². The van der Waals surface area contributed by atoms with Crippen molar-refractivity contribution in [3.8, 4) is 0 Å². The average molecular weight is 659 g/mol. The summed E-state index contributed by atoms with van der Waals surface area (Å²) in [5.74, 6) is -0.0127. The quantitative estimate of drug-likeness (QED) is 0.0349. The number of nitrogens with two attached hydrogens (primary N) is 3. The summed E-state index contributed by atoms with van der Waals surface area (Å²) in [7, 11) is 0. The fourth-order valence-corrected chi connectivity index (χ4v) is 5.25. The molecule has 274 valence electrons. The number of carbonyl (C=O) groups is 2. The molecule has 0 spiro atoms. The van der Waals surface area contributed by atoms with Gasteiger partial charge >= 0.3 is 0 Å². The van der Waals surface area contributed by atoms with Crippen LogP contribution in [0.2, 0.25) is 0 Å². The number of nitrogens with one attached hydrogen (secondary N) is 5. The van der Waals surface area contributed by atoms with Gasteiger partial charge in [-0.2, -0.15) is 0 Å². The van der Waals surface area contributed by atoms with Crippen molar-refractivity contribution in [2.75, 3.05) is 144 Å². The molecule has 0 bridgehead atoms. The second kappa shape index (κ2) is 30.8. The fourth-order valence-electron chi connectivity index (χ4n) is 5.25. The van der Waals surface area contributed by atoms with Gasteiger partial charge < -0.3 is 48.7 Å². The Morgan fingerprint density at radius 3 is 1.52 bits per heavy atom. The molecule has 2 amide bonds. The van der Waals surface area contributed by atoms with E-state index in [2.05, 4.69) is 60.0 Å². The highest BCUT2D eigenvalue weighted by Gasteiger charge is 2.20. The summed E-state index contributed by atoms with van der Waals surface area (Å²) in [6.07, 6.45) is 0.612. The van der Waals surface area contributed by atoms with Crippen LogP contribution in [0.15, 0.2) is 0 Å². The first kappa shape index (κ1) is 44.5. The molecule has 0 heterocycles. The van der Waals surface area contributed by atoms with Gasteiger partial charge in [-0.05, 0) is 25.4 Å². The number of hydrogen-bond acceptors (Lipinski definition) is 12. The minimum Gasteiger partial charge on any atom is -0.353 e. The highest BCUT2D eigenvalue weighted by molar-refractivity contribution is 5.86. The Balaban J connectivity index is 5.05. The monoisotopic (exact) mass is 659 g/mol. The molecule has 46 heavy (non-hydrogen) atoms. The molecule has 0 rings (SSSR count). The van der Waals surface area contributed by atoms with E-state index in [0.717, 1.165) is 111 Å². The summed E-state index contributed by atoms with van der Waals surface area (Å²) >= 11 is 0. The van der Waals surface area contributed by atoms with E-state index >= 15 is 0 Å². The van der Waals surface area contributed by atoms with Crippen LogP contribution in [-0.2, 0) is 9.59 Å². The second-order valence-corrected chi connectivity index (χ2v) is 12.4. The van der Waals surface area contributed by atoms with E-state index in [-0.39, 0.29) is 11.8 Å². The number of hydrogen-bond donors (Lipinski definition) is 8. The van der Waals surface area contributed by atoms with Crippen LogP contribution in [0, 0.1) is 5.92 Å². The minimum atomic E-state index is -0.507. The zero-order valence-electron chi connectivity index (χ0n) is 30.3. The lowest BCUT2D eigenvalue weighted by molar-refractivity contribution is -0.128. The minimum absolute atomic E-state index is 0.127. The summed E-state index contributed by atoms with van der Waals surface area (Å²) < 4.78 is 0. The Labute approximate surface area is 281 Å². The lowest BCUT2D eigenvalue weighted by Crippen LogP contribution is -2.49. The second-order valence-electron chi connectivity index (χ2n) is 12.4. The highest BCUT2D eigenvalue weighted by atomic mass is 16.2. The van der Waals surface area contributed by atoms with Crippen LogP contribution in [0.1, 0.15) is 41.0 Å². The highest BCUT2D eigenvalue weighted by Crippen LogP contribution is 2.05. The maximum absolute atomic E-state index is 12.8. The van der Waals surface area contributed by atoms with Crippen LogP contribution >= 0.6 is 0 Å². The Kier molecular flexibility index (Phi) is 29.9. The van der Waals surface area contributed by atoms with Crippen LogP contribution in [0.25, 0.3) is 0 Å². The summed E-state index contributed by atoms with van der Waals surface area (Å²) in [5, 5.41) is 16.4. The number of amides is 2. The molecule has 0 aliphatic carbocycles. The molecule has 0 saturated heterocycles. The van der Waals surface area contributed by atoms with E-state index in [1.807, 2.05) is 13.8 Å². The largest absolute Gasteiger partial charge is 0.353 e. The maximum Gasteiger partial charge on any atom is 0.242 e.